The molecule has 1 aromatic heterocycles. The topological polar surface area (TPSA) is 40.1 Å². The zero-order chi connectivity index (χ0) is 16.9. The molecule has 4 fully saturated rings. The minimum atomic E-state index is 0.413. The first-order chi connectivity index (χ1) is 12.3. The smallest absolute Gasteiger partial charge is 0.194 e. The van der Waals surface area contributed by atoms with E-state index in [1.165, 1.54) is 30.7 Å². The maximum Gasteiger partial charge on any atom is 0.194 e. The largest absolute Gasteiger partial charge is 0.377 e. The first-order valence-corrected chi connectivity index (χ1v) is 10.6. The molecule has 3 atom stereocenters. The molecule has 2 saturated heterocycles. The van der Waals surface area contributed by atoms with Crippen LogP contribution in [0.15, 0.2) is 22.5 Å². The molecule has 4 aliphatic rings. The van der Waals surface area contributed by atoms with Crippen molar-refractivity contribution in [3.63, 3.8) is 0 Å². The minimum absolute atomic E-state index is 0.413. The third-order valence-electron chi connectivity index (χ3n) is 6.93. The highest BCUT2D eigenvalue weighted by atomic mass is 32.1. The van der Waals surface area contributed by atoms with E-state index in [0.29, 0.717) is 23.5 Å². The lowest BCUT2D eigenvalue weighted by Gasteiger charge is -2.63. The molecular formula is C19H28N4OS. The molecule has 5 nitrogen and oxygen atoms in total. The Morgan fingerprint density at radius 2 is 2.16 bits per heavy atom. The monoisotopic (exact) mass is 360 g/mol. The SMILES string of the molecule is CN=C(NC1C2CCOC2C12CCC2)N1CCN(c2cccs2)CC1. The van der Waals surface area contributed by atoms with E-state index in [0.717, 1.165) is 38.7 Å². The molecule has 0 radical (unpaired) electrons. The summed E-state index contributed by atoms with van der Waals surface area (Å²) in [5.41, 5.74) is 0.413. The number of ether oxygens (including phenoxy) is 1. The van der Waals surface area contributed by atoms with Gasteiger partial charge in [0.05, 0.1) is 11.1 Å². The fourth-order valence-corrected chi connectivity index (χ4v) is 6.27. The second kappa shape index (κ2) is 6.16. The van der Waals surface area contributed by atoms with E-state index in [1.807, 2.05) is 18.4 Å². The molecule has 25 heavy (non-hydrogen) atoms. The van der Waals surface area contributed by atoms with Crippen molar-refractivity contribution in [2.24, 2.45) is 16.3 Å². The first-order valence-electron chi connectivity index (χ1n) is 9.70. The summed E-state index contributed by atoms with van der Waals surface area (Å²) < 4.78 is 6.06. The van der Waals surface area contributed by atoms with Crippen LogP contribution in [-0.2, 0) is 4.74 Å². The van der Waals surface area contributed by atoms with Crippen molar-refractivity contribution >= 4 is 22.3 Å². The van der Waals surface area contributed by atoms with Crippen LogP contribution in [0, 0.1) is 11.3 Å². The van der Waals surface area contributed by atoms with Gasteiger partial charge < -0.3 is 19.9 Å². The molecule has 6 heteroatoms. The number of thiophene rings is 1. The molecule has 1 spiro atoms. The van der Waals surface area contributed by atoms with Gasteiger partial charge in [-0.25, -0.2) is 0 Å². The van der Waals surface area contributed by atoms with E-state index in [-0.39, 0.29) is 0 Å². The van der Waals surface area contributed by atoms with Gasteiger partial charge in [-0.15, -0.1) is 11.3 Å². The lowest BCUT2D eigenvalue weighted by molar-refractivity contribution is -0.171. The van der Waals surface area contributed by atoms with E-state index < -0.39 is 0 Å². The summed E-state index contributed by atoms with van der Waals surface area (Å²) in [6, 6.07) is 4.94. The predicted octanol–water partition coefficient (Wildman–Crippen LogP) is 2.40. The third kappa shape index (κ3) is 2.40. The Morgan fingerprint density at radius 1 is 1.32 bits per heavy atom. The molecule has 5 rings (SSSR count). The molecule has 136 valence electrons. The second-order valence-corrected chi connectivity index (χ2v) is 8.85. The first kappa shape index (κ1) is 15.9. The van der Waals surface area contributed by atoms with Gasteiger partial charge in [0.2, 0.25) is 0 Å². The molecule has 3 unspecified atom stereocenters. The van der Waals surface area contributed by atoms with E-state index in [4.69, 9.17) is 4.74 Å². The lowest BCUT2D eigenvalue weighted by atomic mass is 9.46. The van der Waals surface area contributed by atoms with Gasteiger partial charge in [-0.3, -0.25) is 4.99 Å². The third-order valence-corrected chi connectivity index (χ3v) is 7.86. The Kier molecular flexibility index (Phi) is 3.93. The Labute approximate surface area is 154 Å². The quantitative estimate of drug-likeness (QED) is 0.649. The van der Waals surface area contributed by atoms with Gasteiger partial charge in [0, 0.05) is 57.2 Å². The maximum absolute atomic E-state index is 6.06. The van der Waals surface area contributed by atoms with Crippen molar-refractivity contribution in [2.45, 2.75) is 37.8 Å². The average Bonchev–Trinajstić information content (AvgIpc) is 3.26. The summed E-state index contributed by atoms with van der Waals surface area (Å²) in [6.45, 7) is 5.19. The van der Waals surface area contributed by atoms with Crippen LogP contribution < -0.4 is 10.2 Å². The summed E-state index contributed by atoms with van der Waals surface area (Å²) >= 11 is 1.84. The predicted molar refractivity (Wildman–Crippen MR) is 103 cm³/mol. The number of nitrogens with one attached hydrogen (secondary N) is 1. The molecule has 0 aromatic carbocycles. The normalized spacial score (nSPS) is 33.8. The number of guanidine groups is 1. The van der Waals surface area contributed by atoms with Crippen molar-refractivity contribution in [3.05, 3.63) is 17.5 Å². The number of anilines is 1. The molecule has 0 bridgehead atoms. The van der Waals surface area contributed by atoms with Crippen LogP contribution in [-0.4, -0.2) is 62.8 Å². The van der Waals surface area contributed by atoms with Gasteiger partial charge in [0.1, 0.15) is 0 Å². The van der Waals surface area contributed by atoms with E-state index in [2.05, 4.69) is 37.6 Å². The van der Waals surface area contributed by atoms with Crippen molar-refractivity contribution in [1.82, 2.24) is 10.2 Å². The number of hydrogen-bond acceptors (Lipinski definition) is 4. The minimum Gasteiger partial charge on any atom is -0.377 e. The van der Waals surface area contributed by atoms with Crippen molar-refractivity contribution in [1.29, 1.82) is 0 Å². The number of hydrogen-bond donors (Lipinski definition) is 1. The Hall–Kier alpha value is -1.27. The van der Waals surface area contributed by atoms with Gasteiger partial charge in [0.25, 0.3) is 0 Å². The number of rotatable bonds is 2. The van der Waals surface area contributed by atoms with Crippen LogP contribution in [0.25, 0.3) is 0 Å². The molecule has 0 amide bonds. The van der Waals surface area contributed by atoms with Gasteiger partial charge in [0.15, 0.2) is 5.96 Å². The van der Waals surface area contributed by atoms with Gasteiger partial charge in [-0.1, -0.05) is 6.42 Å². The standard InChI is InChI=1S/C19H28N4OS/c1-20-18(23-10-8-22(9-11-23)15-4-2-13-25-15)21-16-14-5-12-24-17(14)19(16)6-3-7-19/h2,4,13-14,16-17H,3,5-12H2,1H3,(H,20,21). The van der Waals surface area contributed by atoms with Crippen LogP contribution in [0.4, 0.5) is 5.00 Å². The van der Waals surface area contributed by atoms with Crippen molar-refractivity contribution < 1.29 is 4.74 Å². The number of fused-ring (bicyclic) bond motifs is 2. The molecular weight excluding hydrogens is 332 g/mol. The molecule has 1 N–H and O–H groups in total. The Balaban J connectivity index is 1.23. The van der Waals surface area contributed by atoms with Crippen LogP contribution in [0.3, 0.4) is 0 Å². The Morgan fingerprint density at radius 3 is 2.80 bits per heavy atom. The highest BCUT2D eigenvalue weighted by Gasteiger charge is 2.66. The summed E-state index contributed by atoms with van der Waals surface area (Å²) in [4.78, 5) is 9.57. The molecule has 1 aromatic rings. The van der Waals surface area contributed by atoms with Crippen LogP contribution in [0.2, 0.25) is 0 Å². The van der Waals surface area contributed by atoms with Crippen molar-refractivity contribution in [2.75, 3.05) is 44.7 Å². The summed E-state index contributed by atoms with van der Waals surface area (Å²) in [6.07, 6.45) is 5.76. The summed E-state index contributed by atoms with van der Waals surface area (Å²) in [5.74, 6) is 1.80. The fraction of sp³-hybridized carbons (Fsp3) is 0.737. The van der Waals surface area contributed by atoms with Crippen LogP contribution in [0.1, 0.15) is 25.7 Å². The highest BCUT2D eigenvalue weighted by Crippen LogP contribution is 2.62. The second-order valence-electron chi connectivity index (χ2n) is 7.93. The zero-order valence-electron chi connectivity index (χ0n) is 15.0. The van der Waals surface area contributed by atoms with Gasteiger partial charge in [-0.05, 0) is 36.8 Å². The molecule has 2 aliphatic carbocycles. The van der Waals surface area contributed by atoms with Gasteiger partial charge >= 0.3 is 0 Å². The van der Waals surface area contributed by atoms with Crippen molar-refractivity contribution in [3.8, 4) is 0 Å². The Bertz CT molecular complexity index is 634. The average molecular weight is 361 g/mol. The fourth-order valence-electron chi connectivity index (χ4n) is 5.48. The maximum atomic E-state index is 6.06. The van der Waals surface area contributed by atoms with Crippen LogP contribution >= 0.6 is 11.3 Å². The molecule has 2 saturated carbocycles. The zero-order valence-corrected chi connectivity index (χ0v) is 15.8. The lowest BCUT2D eigenvalue weighted by Crippen LogP contribution is -2.73. The number of aliphatic imine (C=N–C) groups is 1. The van der Waals surface area contributed by atoms with E-state index in [9.17, 15) is 0 Å². The number of nitrogens with zero attached hydrogens (tertiary/aromatic N) is 3. The molecule has 2 aliphatic heterocycles. The highest BCUT2D eigenvalue weighted by molar-refractivity contribution is 7.14. The summed E-state index contributed by atoms with van der Waals surface area (Å²) in [7, 11) is 1.93. The number of piperazine rings is 1. The van der Waals surface area contributed by atoms with E-state index in [1.54, 1.807) is 0 Å². The van der Waals surface area contributed by atoms with Gasteiger partial charge in [-0.2, -0.15) is 0 Å². The molecule has 3 heterocycles. The summed E-state index contributed by atoms with van der Waals surface area (Å²) in [5, 5.41) is 7.42. The van der Waals surface area contributed by atoms with E-state index >= 15 is 0 Å². The van der Waals surface area contributed by atoms with Crippen LogP contribution in [0.5, 0.6) is 0 Å².